The van der Waals surface area contributed by atoms with Gasteiger partial charge in [-0.3, -0.25) is 9.59 Å². The first kappa shape index (κ1) is 21.7. The van der Waals surface area contributed by atoms with Crippen molar-refractivity contribution in [1.82, 2.24) is 19.8 Å². The number of amides is 2. The van der Waals surface area contributed by atoms with Gasteiger partial charge >= 0.3 is 0 Å². The summed E-state index contributed by atoms with van der Waals surface area (Å²) >= 11 is 1.42. The molecule has 0 saturated carbocycles. The first-order valence-electron chi connectivity index (χ1n) is 10.4. The fourth-order valence-corrected chi connectivity index (χ4v) is 4.91. The van der Waals surface area contributed by atoms with Crippen LogP contribution in [-0.2, 0) is 16.1 Å². The highest BCUT2D eigenvalue weighted by molar-refractivity contribution is 7.99. The number of imidazole rings is 1. The average Bonchev–Trinajstić information content (AvgIpc) is 2.96. The van der Waals surface area contributed by atoms with Gasteiger partial charge in [-0.15, -0.1) is 0 Å². The second kappa shape index (κ2) is 8.78. The van der Waals surface area contributed by atoms with Crippen molar-refractivity contribution < 1.29 is 9.59 Å². The summed E-state index contributed by atoms with van der Waals surface area (Å²) in [4.78, 5) is 32.2. The molecule has 0 radical (unpaired) electrons. The van der Waals surface area contributed by atoms with Crippen LogP contribution in [-0.4, -0.2) is 49.6 Å². The summed E-state index contributed by atoms with van der Waals surface area (Å²) < 4.78 is 1.91. The third kappa shape index (κ3) is 5.32. The van der Waals surface area contributed by atoms with E-state index in [2.05, 4.69) is 19.2 Å². The monoisotopic (exact) mass is 416 g/mol. The highest BCUT2D eigenvalue weighted by Crippen LogP contribution is 2.27. The number of para-hydroxylation sites is 2. The Labute approximate surface area is 177 Å². The van der Waals surface area contributed by atoms with Gasteiger partial charge in [-0.1, -0.05) is 23.9 Å². The van der Waals surface area contributed by atoms with E-state index in [-0.39, 0.29) is 36.0 Å². The Morgan fingerprint density at radius 3 is 2.48 bits per heavy atom. The van der Waals surface area contributed by atoms with Crippen LogP contribution in [0.4, 0.5) is 0 Å². The largest absolute Gasteiger partial charge is 0.350 e. The van der Waals surface area contributed by atoms with Crippen LogP contribution in [0, 0.1) is 0 Å². The van der Waals surface area contributed by atoms with E-state index in [1.807, 2.05) is 54.5 Å². The number of nitrogens with one attached hydrogen (secondary N) is 1. The Kier molecular flexibility index (Phi) is 6.56. The number of likely N-dealkylation sites (tertiary alicyclic amines) is 1. The smallest absolute Gasteiger partial charge is 0.240 e. The fraction of sp³-hybridized carbons (Fsp3) is 0.591. The van der Waals surface area contributed by atoms with E-state index in [1.165, 1.54) is 18.2 Å². The maximum absolute atomic E-state index is 12.9. The molecular formula is C22H32N4O2S. The lowest BCUT2D eigenvalue weighted by Gasteiger charge is -2.39. The highest BCUT2D eigenvalue weighted by atomic mass is 32.2. The molecule has 1 saturated heterocycles. The number of piperidine rings is 1. The molecular weight excluding hydrogens is 384 g/mol. The summed E-state index contributed by atoms with van der Waals surface area (Å²) in [5, 5.41) is 3.71. The molecule has 2 heterocycles. The van der Waals surface area contributed by atoms with Crippen LogP contribution in [0.25, 0.3) is 11.0 Å². The van der Waals surface area contributed by atoms with E-state index < -0.39 is 0 Å². The fourth-order valence-electron chi connectivity index (χ4n) is 4.03. The molecule has 1 fully saturated rings. The molecule has 2 amide bonds. The van der Waals surface area contributed by atoms with Crippen LogP contribution in [0.1, 0.15) is 53.9 Å². The van der Waals surface area contributed by atoms with Gasteiger partial charge in [0.15, 0.2) is 5.16 Å². The molecule has 1 aliphatic rings. The van der Waals surface area contributed by atoms with Crippen LogP contribution < -0.4 is 5.32 Å². The quantitative estimate of drug-likeness (QED) is 0.752. The molecule has 0 unspecified atom stereocenters. The maximum Gasteiger partial charge on any atom is 0.240 e. The van der Waals surface area contributed by atoms with Crippen molar-refractivity contribution >= 4 is 34.6 Å². The van der Waals surface area contributed by atoms with Crippen molar-refractivity contribution in [3.05, 3.63) is 24.3 Å². The number of benzene rings is 1. The topological polar surface area (TPSA) is 67.2 Å². The molecule has 158 valence electrons. The second-order valence-electron chi connectivity index (χ2n) is 8.99. The normalized spacial score (nSPS) is 20.1. The Bertz CT molecular complexity index is 877. The molecule has 1 N–H and O–H groups in total. The SMILES string of the molecule is C[C@H]1CCC[C@H](C)N1C(=O)CSc1nc2ccccc2n1CC(=O)NC(C)(C)C. The van der Waals surface area contributed by atoms with E-state index in [0.29, 0.717) is 10.9 Å². The summed E-state index contributed by atoms with van der Waals surface area (Å²) in [6, 6.07) is 8.35. The Balaban J connectivity index is 1.78. The van der Waals surface area contributed by atoms with Crippen molar-refractivity contribution in [2.75, 3.05) is 5.75 Å². The predicted octanol–water partition coefficient (Wildman–Crippen LogP) is 3.83. The molecule has 1 aromatic heterocycles. The predicted molar refractivity (Wildman–Crippen MR) is 118 cm³/mol. The number of carbonyl (C=O) groups is 2. The molecule has 29 heavy (non-hydrogen) atoms. The van der Waals surface area contributed by atoms with Gasteiger partial charge in [0.2, 0.25) is 11.8 Å². The maximum atomic E-state index is 12.9. The van der Waals surface area contributed by atoms with Gasteiger partial charge in [-0.05, 0) is 66.0 Å². The van der Waals surface area contributed by atoms with Gasteiger partial charge < -0.3 is 14.8 Å². The van der Waals surface area contributed by atoms with Crippen molar-refractivity contribution in [3.8, 4) is 0 Å². The van der Waals surface area contributed by atoms with Gasteiger partial charge in [-0.2, -0.15) is 0 Å². The van der Waals surface area contributed by atoms with Gasteiger partial charge in [0.05, 0.1) is 16.8 Å². The summed E-state index contributed by atoms with van der Waals surface area (Å²) in [6.07, 6.45) is 3.30. The molecule has 2 atom stereocenters. The van der Waals surface area contributed by atoms with E-state index >= 15 is 0 Å². The van der Waals surface area contributed by atoms with E-state index in [0.717, 1.165) is 23.9 Å². The molecule has 0 bridgehead atoms. The summed E-state index contributed by atoms with van der Waals surface area (Å²) in [5.74, 6) is 0.415. The van der Waals surface area contributed by atoms with E-state index in [4.69, 9.17) is 4.98 Å². The number of thioether (sulfide) groups is 1. The molecule has 2 aromatic rings. The average molecular weight is 417 g/mol. The zero-order valence-corrected chi connectivity index (χ0v) is 18.9. The number of rotatable bonds is 5. The standard InChI is InChI=1S/C22H32N4O2S/c1-15-9-8-10-16(2)26(15)20(28)14-29-21-23-17-11-6-7-12-18(17)25(21)13-19(27)24-22(3,4)5/h6-7,11-12,15-16H,8-10,13-14H2,1-5H3,(H,24,27)/t15-,16-/m0/s1. The Morgan fingerprint density at radius 1 is 1.17 bits per heavy atom. The number of nitrogens with zero attached hydrogens (tertiary/aromatic N) is 3. The van der Waals surface area contributed by atoms with Crippen molar-refractivity contribution in [2.24, 2.45) is 0 Å². The van der Waals surface area contributed by atoms with Crippen LogP contribution >= 0.6 is 11.8 Å². The van der Waals surface area contributed by atoms with Crippen LogP contribution in [0.15, 0.2) is 29.4 Å². The molecule has 1 aromatic carbocycles. The zero-order valence-electron chi connectivity index (χ0n) is 18.1. The minimum absolute atomic E-state index is 0.0629. The number of hydrogen-bond acceptors (Lipinski definition) is 4. The van der Waals surface area contributed by atoms with Gasteiger partial charge in [0.25, 0.3) is 0 Å². The molecule has 7 heteroatoms. The first-order chi connectivity index (χ1) is 13.7. The first-order valence-corrected chi connectivity index (χ1v) is 11.3. The van der Waals surface area contributed by atoms with Crippen molar-refractivity contribution in [2.45, 2.75) is 83.2 Å². The lowest BCUT2D eigenvalue weighted by Crippen LogP contribution is -2.48. The van der Waals surface area contributed by atoms with Crippen LogP contribution in [0.3, 0.4) is 0 Å². The second-order valence-corrected chi connectivity index (χ2v) is 9.93. The zero-order chi connectivity index (χ0) is 21.2. The summed E-state index contributed by atoms with van der Waals surface area (Å²) in [7, 11) is 0. The molecule has 0 aliphatic carbocycles. The number of carbonyl (C=O) groups excluding carboxylic acids is 2. The third-order valence-corrected chi connectivity index (χ3v) is 6.20. The minimum Gasteiger partial charge on any atom is -0.350 e. The van der Waals surface area contributed by atoms with Crippen LogP contribution in [0.5, 0.6) is 0 Å². The third-order valence-electron chi connectivity index (χ3n) is 5.24. The van der Waals surface area contributed by atoms with Crippen molar-refractivity contribution in [1.29, 1.82) is 0 Å². The molecule has 1 aliphatic heterocycles. The number of aromatic nitrogens is 2. The Hall–Kier alpha value is -2.02. The number of hydrogen-bond donors (Lipinski definition) is 1. The molecule has 6 nitrogen and oxygen atoms in total. The Morgan fingerprint density at radius 2 is 1.83 bits per heavy atom. The van der Waals surface area contributed by atoms with Gasteiger partial charge in [-0.25, -0.2) is 4.98 Å². The summed E-state index contributed by atoms with van der Waals surface area (Å²) in [6.45, 7) is 10.3. The van der Waals surface area contributed by atoms with Gasteiger partial charge in [0.1, 0.15) is 6.54 Å². The summed E-state index contributed by atoms with van der Waals surface area (Å²) in [5.41, 5.74) is 1.45. The van der Waals surface area contributed by atoms with E-state index in [9.17, 15) is 9.59 Å². The lowest BCUT2D eigenvalue weighted by molar-refractivity contribution is -0.134. The lowest BCUT2D eigenvalue weighted by atomic mass is 9.98. The highest BCUT2D eigenvalue weighted by Gasteiger charge is 2.29. The van der Waals surface area contributed by atoms with Crippen LogP contribution in [0.2, 0.25) is 0 Å². The van der Waals surface area contributed by atoms with Gasteiger partial charge in [0, 0.05) is 17.6 Å². The minimum atomic E-state index is -0.294. The van der Waals surface area contributed by atoms with E-state index in [1.54, 1.807) is 0 Å². The van der Waals surface area contributed by atoms with Crippen molar-refractivity contribution in [3.63, 3.8) is 0 Å². The molecule has 0 spiro atoms. The molecule has 3 rings (SSSR count). The number of fused-ring (bicyclic) bond motifs is 1.